The molecule has 0 fully saturated rings. The van der Waals surface area contributed by atoms with Crippen molar-refractivity contribution in [3.05, 3.63) is 11.5 Å². The van der Waals surface area contributed by atoms with Gasteiger partial charge in [-0.1, -0.05) is 0 Å². The number of aliphatic hydroxyl groups is 4. The average molecular weight is 187 g/mol. The molecule has 72 valence electrons. The minimum absolute atomic E-state index is 0.545. The molecule has 1 aliphatic heterocycles. The molecule has 0 bridgehead atoms. The zero-order chi connectivity index (χ0) is 10.0. The molecule has 0 aliphatic carbocycles. The molecule has 0 spiro atoms. The third-order valence-electron chi connectivity index (χ3n) is 1.75. The Kier molecular flexibility index (Phi) is 2.72. The zero-order valence-corrected chi connectivity index (χ0v) is 6.58. The van der Waals surface area contributed by atoms with Crippen molar-refractivity contribution in [1.82, 2.24) is 0 Å². The second-order valence-electron chi connectivity index (χ2n) is 2.58. The fraction of sp³-hybridized carbons (Fsp3) is 0.571. The molecular formula is C7H9NO5. The van der Waals surface area contributed by atoms with Gasteiger partial charge in [-0.15, -0.1) is 0 Å². The highest BCUT2D eigenvalue weighted by molar-refractivity contribution is 5.20. The second kappa shape index (κ2) is 3.62. The van der Waals surface area contributed by atoms with E-state index in [0.29, 0.717) is 0 Å². The van der Waals surface area contributed by atoms with Crippen molar-refractivity contribution < 1.29 is 25.2 Å². The lowest BCUT2D eigenvalue weighted by atomic mass is 10.1. The van der Waals surface area contributed by atoms with Gasteiger partial charge in [0.1, 0.15) is 18.3 Å². The minimum Gasteiger partial charge on any atom is -0.506 e. The number of aliphatic hydroxyl groups excluding tert-OH is 4. The van der Waals surface area contributed by atoms with E-state index in [4.69, 9.17) is 30.4 Å². The standard InChI is InChI=1S/C7H9NO5/c8-1-3-5(10)7(12)6(11)4(2-9)13-3/h3-4,6,9-12H,2H2/t3-,4+,6+/m0/s1. The summed E-state index contributed by atoms with van der Waals surface area (Å²) in [6, 6.07) is 1.56. The Balaban J connectivity index is 2.95. The van der Waals surface area contributed by atoms with E-state index in [1.165, 1.54) is 0 Å². The molecule has 6 heteroatoms. The minimum atomic E-state index is -1.49. The van der Waals surface area contributed by atoms with Crippen LogP contribution in [0.25, 0.3) is 0 Å². The van der Waals surface area contributed by atoms with Crippen LogP contribution in [0, 0.1) is 11.3 Å². The second-order valence-corrected chi connectivity index (χ2v) is 2.58. The van der Waals surface area contributed by atoms with Crippen molar-refractivity contribution in [1.29, 1.82) is 5.26 Å². The van der Waals surface area contributed by atoms with Gasteiger partial charge in [0.15, 0.2) is 11.5 Å². The van der Waals surface area contributed by atoms with Crippen LogP contribution in [0.5, 0.6) is 0 Å². The van der Waals surface area contributed by atoms with Crippen LogP contribution in [-0.4, -0.2) is 45.3 Å². The van der Waals surface area contributed by atoms with Gasteiger partial charge >= 0.3 is 0 Å². The van der Waals surface area contributed by atoms with Gasteiger partial charge in [0.25, 0.3) is 0 Å². The highest BCUT2D eigenvalue weighted by Gasteiger charge is 2.36. The first-order valence-electron chi connectivity index (χ1n) is 3.57. The number of rotatable bonds is 1. The molecule has 0 radical (unpaired) electrons. The number of nitriles is 1. The molecular weight excluding hydrogens is 178 g/mol. The molecule has 0 aromatic heterocycles. The maximum atomic E-state index is 9.16. The van der Waals surface area contributed by atoms with Gasteiger partial charge in [0, 0.05) is 0 Å². The summed E-state index contributed by atoms with van der Waals surface area (Å²) in [6.07, 6.45) is -3.91. The van der Waals surface area contributed by atoms with Crippen LogP contribution in [0.4, 0.5) is 0 Å². The van der Waals surface area contributed by atoms with Crippen molar-refractivity contribution >= 4 is 0 Å². The first kappa shape index (κ1) is 9.80. The van der Waals surface area contributed by atoms with E-state index in [9.17, 15) is 0 Å². The fourth-order valence-electron chi connectivity index (χ4n) is 1.01. The van der Waals surface area contributed by atoms with Crippen LogP contribution in [0.15, 0.2) is 11.5 Å². The van der Waals surface area contributed by atoms with Gasteiger partial charge in [-0.25, -0.2) is 0 Å². The molecule has 0 amide bonds. The van der Waals surface area contributed by atoms with Crippen LogP contribution in [0.2, 0.25) is 0 Å². The number of hydrogen-bond acceptors (Lipinski definition) is 6. The lowest BCUT2D eigenvalue weighted by Crippen LogP contribution is -2.42. The van der Waals surface area contributed by atoms with Gasteiger partial charge < -0.3 is 25.2 Å². The summed E-state index contributed by atoms with van der Waals surface area (Å²) in [6.45, 7) is -0.545. The monoisotopic (exact) mass is 187 g/mol. The third-order valence-corrected chi connectivity index (χ3v) is 1.75. The third kappa shape index (κ3) is 1.58. The lowest BCUT2D eigenvalue weighted by molar-refractivity contribution is -0.101. The van der Waals surface area contributed by atoms with E-state index in [1.54, 1.807) is 6.07 Å². The first-order chi connectivity index (χ1) is 6.11. The van der Waals surface area contributed by atoms with E-state index in [-0.39, 0.29) is 0 Å². The molecule has 6 nitrogen and oxygen atoms in total. The van der Waals surface area contributed by atoms with Crippen molar-refractivity contribution in [3.63, 3.8) is 0 Å². The van der Waals surface area contributed by atoms with E-state index < -0.39 is 36.4 Å². The Morgan fingerprint density at radius 1 is 1.38 bits per heavy atom. The van der Waals surface area contributed by atoms with Gasteiger partial charge in [-0.2, -0.15) is 5.26 Å². The highest BCUT2D eigenvalue weighted by Crippen LogP contribution is 2.22. The number of ether oxygens (including phenoxy) is 1. The molecule has 4 N–H and O–H groups in total. The quantitative estimate of drug-likeness (QED) is 0.417. The normalized spacial score (nSPS) is 34.4. The first-order valence-corrected chi connectivity index (χ1v) is 3.57. The Morgan fingerprint density at radius 3 is 2.46 bits per heavy atom. The maximum absolute atomic E-state index is 9.16. The van der Waals surface area contributed by atoms with Gasteiger partial charge in [-0.3, -0.25) is 0 Å². The van der Waals surface area contributed by atoms with Gasteiger partial charge in [0.05, 0.1) is 6.61 Å². The molecule has 0 aromatic carbocycles. The smallest absolute Gasteiger partial charge is 0.204 e. The SMILES string of the molecule is N#C[C@@H]1O[C@H](CO)[C@@H](O)C(O)=C1O. The molecule has 13 heavy (non-hydrogen) atoms. The molecule has 1 heterocycles. The largest absolute Gasteiger partial charge is 0.506 e. The molecule has 3 atom stereocenters. The van der Waals surface area contributed by atoms with E-state index in [2.05, 4.69) is 0 Å². The number of nitrogens with zero attached hydrogens (tertiary/aromatic N) is 1. The molecule has 0 aromatic rings. The Hall–Kier alpha value is -1.29. The summed E-state index contributed by atoms with van der Waals surface area (Å²) in [5, 5.41) is 44.4. The topological polar surface area (TPSA) is 114 Å². The Labute approximate surface area is 73.9 Å². The molecule has 1 aliphatic rings. The average Bonchev–Trinajstić information content (AvgIpc) is 2.15. The summed E-state index contributed by atoms with van der Waals surface area (Å²) in [4.78, 5) is 0. The fourth-order valence-corrected chi connectivity index (χ4v) is 1.01. The predicted molar refractivity (Wildman–Crippen MR) is 39.7 cm³/mol. The molecule has 0 saturated carbocycles. The van der Waals surface area contributed by atoms with Crippen molar-refractivity contribution in [3.8, 4) is 6.07 Å². The lowest BCUT2D eigenvalue weighted by Gasteiger charge is -2.28. The highest BCUT2D eigenvalue weighted by atomic mass is 16.5. The summed E-state index contributed by atoms with van der Waals surface area (Å²) in [5.74, 6) is -1.43. The van der Waals surface area contributed by atoms with Crippen molar-refractivity contribution in [2.24, 2.45) is 0 Å². The predicted octanol–water partition coefficient (Wildman–Crippen LogP) is -1.04. The summed E-state index contributed by atoms with van der Waals surface area (Å²) in [5.41, 5.74) is 0. The maximum Gasteiger partial charge on any atom is 0.204 e. The Bertz CT molecular complexity index is 269. The summed E-state index contributed by atoms with van der Waals surface area (Å²) < 4.78 is 4.75. The zero-order valence-electron chi connectivity index (χ0n) is 6.58. The van der Waals surface area contributed by atoms with Gasteiger partial charge in [0.2, 0.25) is 6.10 Å². The van der Waals surface area contributed by atoms with Crippen LogP contribution in [-0.2, 0) is 4.74 Å². The van der Waals surface area contributed by atoms with E-state index in [1.807, 2.05) is 0 Å². The number of hydrogen-bond donors (Lipinski definition) is 4. The van der Waals surface area contributed by atoms with Crippen LogP contribution >= 0.6 is 0 Å². The van der Waals surface area contributed by atoms with Crippen LogP contribution in [0.3, 0.4) is 0 Å². The summed E-state index contributed by atoms with van der Waals surface area (Å²) in [7, 11) is 0. The summed E-state index contributed by atoms with van der Waals surface area (Å²) >= 11 is 0. The molecule has 0 unspecified atom stereocenters. The van der Waals surface area contributed by atoms with Crippen LogP contribution < -0.4 is 0 Å². The Morgan fingerprint density at radius 2 is 2.00 bits per heavy atom. The van der Waals surface area contributed by atoms with E-state index in [0.717, 1.165) is 0 Å². The van der Waals surface area contributed by atoms with Crippen molar-refractivity contribution in [2.45, 2.75) is 18.3 Å². The van der Waals surface area contributed by atoms with E-state index >= 15 is 0 Å². The molecule has 0 saturated heterocycles. The van der Waals surface area contributed by atoms with Crippen LogP contribution in [0.1, 0.15) is 0 Å². The van der Waals surface area contributed by atoms with Crippen molar-refractivity contribution in [2.75, 3.05) is 6.61 Å². The molecule has 1 rings (SSSR count). The van der Waals surface area contributed by atoms with Gasteiger partial charge in [-0.05, 0) is 0 Å².